The summed E-state index contributed by atoms with van der Waals surface area (Å²) in [5.41, 5.74) is 0. The molecule has 5 atom stereocenters. The normalized spacial score (nSPS) is 43.4. The molecular weight excluding hydrogens is 260 g/mol. The Labute approximate surface area is 128 Å². The third-order valence-corrected chi connectivity index (χ3v) is 6.71. The average molecular weight is 290 g/mol. The third kappa shape index (κ3) is 2.32. The first kappa shape index (κ1) is 14.0. The highest BCUT2D eigenvalue weighted by molar-refractivity contribution is 5.84. The van der Waals surface area contributed by atoms with E-state index in [1.54, 1.807) is 0 Å². The van der Waals surface area contributed by atoms with Gasteiger partial charge in [-0.1, -0.05) is 32.6 Å². The van der Waals surface area contributed by atoms with Crippen LogP contribution < -0.4 is 5.32 Å². The molecule has 1 aliphatic heterocycles. The summed E-state index contributed by atoms with van der Waals surface area (Å²) in [6.07, 6.45) is 13.3. The number of rotatable bonds is 4. The van der Waals surface area contributed by atoms with Crippen molar-refractivity contribution in [3.63, 3.8) is 0 Å². The van der Waals surface area contributed by atoms with Gasteiger partial charge in [0.05, 0.1) is 12.2 Å². The molecule has 4 fully saturated rings. The maximum Gasteiger partial charge on any atom is 0.241 e. The second kappa shape index (κ2) is 5.57. The predicted octanol–water partition coefficient (Wildman–Crippen LogP) is 3.29. The fourth-order valence-electron chi connectivity index (χ4n) is 5.73. The standard InChI is InChI=1S/C18H30N2O/c1-2-5-15-18(21)20(16-11-12-8-9-14(16)10-12)17(19-15)13-6-3-4-7-13/h12-17,19H,2-11H2,1H3. The van der Waals surface area contributed by atoms with Crippen molar-refractivity contribution in [1.29, 1.82) is 0 Å². The minimum absolute atomic E-state index is 0.111. The van der Waals surface area contributed by atoms with Gasteiger partial charge < -0.3 is 4.90 Å². The monoisotopic (exact) mass is 290 g/mol. The molecule has 3 saturated carbocycles. The molecule has 0 aromatic carbocycles. The molecule has 118 valence electrons. The Morgan fingerprint density at radius 3 is 2.52 bits per heavy atom. The summed E-state index contributed by atoms with van der Waals surface area (Å²) in [5, 5.41) is 3.75. The molecule has 3 aliphatic carbocycles. The van der Waals surface area contributed by atoms with Crippen molar-refractivity contribution < 1.29 is 4.79 Å². The zero-order valence-electron chi connectivity index (χ0n) is 13.4. The largest absolute Gasteiger partial charge is 0.322 e. The van der Waals surface area contributed by atoms with Crippen LogP contribution in [0.25, 0.3) is 0 Å². The molecule has 3 heteroatoms. The minimum Gasteiger partial charge on any atom is -0.322 e. The van der Waals surface area contributed by atoms with E-state index in [0.29, 0.717) is 18.1 Å². The Hall–Kier alpha value is -0.570. The molecule has 0 aromatic heterocycles. The van der Waals surface area contributed by atoms with Crippen LogP contribution in [-0.2, 0) is 4.79 Å². The third-order valence-electron chi connectivity index (χ3n) is 6.71. The molecule has 4 aliphatic rings. The van der Waals surface area contributed by atoms with Crippen molar-refractivity contribution in [1.82, 2.24) is 10.2 Å². The Morgan fingerprint density at radius 2 is 1.90 bits per heavy atom. The van der Waals surface area contributed by atoms with E-state index in [0.717, 1.165) is 30.6 Å². The van der Waals surface area contributed by atoms with E-state index in [2.05, 4.69) is 17.1 Å². The maximum atomic E-state index is 13.0. The van der Waals surface area contributed by atoms with Gasteiger partial charge >= 0.3 is 0 Å². The van der Waals surface area contributed by atoms with E-state index in [4.69, 9.17) is 0 Å². The first-order valence-corrected chi connectivity index (χ1v) is 9.36. The van der Waals surface area contributed by atoms with Crippen molar-refractivity contribution in [2.45, 2.75) is 89.4 Å². The lowest BCUT2D eigenvalue weighted by Crippen LogP contribution is -2.49. The summed E-state index contributed by atoms with van der Waals surface area (Å²) < 4.78 is 0. The summed E-state index contributed by atoms with van der Waals surface area (Å²) in [4.78, 5) is 15.4. The van der Waals surface area contributed by atoms with E-state index in [1.807, 2.05) is 0 Å². The molecule has 0 radical (unpaired) electrons. The average Bonchev–Trinajstić information content (AvgIpc) is 3.22. The first-order valence-electron chi connectivity index (χ1n) is 9.36. The number of nitrogens with one attached hydrogen (secondary N) is 1. The van der Waals surface area contributed by atoms with Crippen LogP contribution in [0.1, 0.15) is 71.1 Å². The van der Waals surface area contributed by atoms with E-state index in [1.165, 1.54) is 51.4 Å². The summed E-state index contributed by atoms with van der Waals surface area (Å²) >= 11 is 0. The topological polar surface area (TPSA) is 32.3 Å². The second-order valence-electron chi connectivity index (χ2n) is 7.99. The fraction of sp³-hybridized carbons (Fsp3) is 0.944. The van der Waals surface area contributed by atoms with Crippen molar-refractivity contribution >= 4 is 5.91 Å². The molecule has 3 nitrogen and oxygen atoms in total. The number of fused-ring (bicyclic) bond motifs is 2. The van der Waals surface area contributed by atoms with Gasteiger partial charge in [-0.2, -0.15) is 0 Å². The highest BCUT2D eigenvalue weighted by Gasteiger charge is 2.51. The molecule has 0 spiro atoms. The Kier molecular flexibility index (Phi) is 3.72. The van der Waals surface area contributed by atoms with Gasteiger partial charge in [0.1, 0.15) is 0 Å². The lowest BCUT2D eigenvalue weighted by molar-refractivity contribution is -0.134. The molecule has 1 saturated heterocycles. The summed E-state index contributed by atoms with van der Waals surface area (Å²) in [6, 6.07) is 0.677. The van der Waals surface area contributed by atoms with Crippen LogP contribution in [0.5, 0.6) is 0 Å². The molecular formula is C18H30N2O. The van der Waals surface area contributed by atoms with Crippen LogP contribution in [0.15, 0.2) is 0 Å². The van der Waals surface area contributed by atoms with Crippen LogP contribution in [0.3, 0.4) is 0 Å². The first-order chi connectivity index (χ1) is 10.3. The van der Waals surface area contributed by atoms with E-state index in [-0.39, 0.29) is 6.04 Å². The smallest absolute Gasteiger partial charge is 0.241 e. The van der Waals surface area contributed by atoms with Gasteiger partial charge in [-0.05, 0) is 56.3 Å². The predicted molar refractivity (Wildman–Crippen MR) is 83.7 cm³/mol. The highest BCUT2D eigenvalue weighted by Crippen LogP contribution is 2.48. The molecule has 1 amide bonds. The van der Waals surface area contributed by atoms with Crippen LogP contribution in [0.4, 0.5) is 0 Å². The van der Waals surface area contributed by atoms with E-state index in [9.17, 15) is 4.79 Å². The summed E-state index contributed by atoms with van der Waals surface area (Å²) in [7, 11) is 0. The molecule has 0 aromatic rings. The zero-order valence-corrected chi connectivity index (χ0v) is 13.4. The minimum atomic E-state index is 0.111. The lowest BCUT2D eigenvalue weighted by Gasteiger charge is -2.38. The summed E-state index contributed by atoms with van der Waals surface area (Å²) in [6.45, 7) is 2.19. The van der Waals surface area contributed by atoms with Gasteiger partial charge in [-0.3, -0.25) is 10.1 Å². The van der Waals surface area contributed by atoms with Gasteiger partial charge in [0.2, 0.25) is 5.91 Å². The molecule has 1 N–H and O–H groups in total. The number of nitrogens with zero attached hydrogens (tertiary/aromatic N) is 1. The van der Waals surface area contributed by atoms with Crippen LogP contribution in [0.2, 0.25) is 0 Å². The Morgan fingerprint density at radius 1 is 1.10 bits per heavy atom. The van der Waals surface area contributed by atoms with Crippen molar-refractivity contribution in [3.8, 4) is 0 Å². The lowest BCUT2D eigenvalue weighted by atomic mass is 9.92. The summed E-state index contributed by atoms with van der Waals surface area (Å²) in [5.74, 6) is 2.88. The molecule has 5 unspecified atom stereocenters. The van der Waals surface area contributed by atoms with E-state index < -0.39 is 0 Å². The van der Waals surface area contributed by atoms with Crippen molar-refractivity contribution in [2.75, 3.05) is 0 Å². The van der Waals surface area contributed by atoms with Gasteiger partial charge in [-0.15, -0.1) is 0 Å². The molecule has 21 heavy (non-hydrogen) atoms. The zero-order chi connectivity index (χ0) is 14.4. The van der Waals surface area contributed by atoms with Crippen molar-refractivity contribution in [2.24, 2.45) is 17.8 Å². The Bertz CT molecular complexity index is 404. The number of hydrogen-bond donors (Lipinski definition) is 1. The van der Waals surface area contributed by atoms with Gasteiger partial charge in [0, 0.05) is 6.04 Å². The number of carbonyl (C=O) groups excluding carboxylic acids is 1. The van der Waals surface area contributed by atoms with E-state index >= 15 is 0 Å². The van der Waals surface area contributed by atoms with Gasteiger partial charge in [0.15, 0.2) is 0 Å². The fourth-order valence-corrected chi connectivity index (χ4v) is 5.73. The SMILES string of the molecule is CCCC1NC(C2CCCC2)N(C2CC3CCC2C3)C1=O. The molecule has 2 bridgehead atoms. The van der Waals surface area contributed by atoms with Crippen LogP contribution in [0, 0.1) is 17.8 Å². The second-order valence-corrected chi connectivity index (χ2v) is 7.99. The van der Waals surface area contributed by atoms with Gasteiger partial charge in [0.25, 0.3) is 0 Å². The maximum absolute atomic E-state index is 13.0. The number of amides is 1. The Balaban J connectivity index is 1.56. The van der Waals surface area contributed by atoms with Gasteiger partial charge in [-0.25, -0.2) is 0 Å². The number of carbonyl (C=O) groups is 1. The molecule has 1 heterocycles. The van der Waals surface area contributed by atoms with Crippen LogP contribution in [-0.4, -0.2) is 29.1 Å². The van der Waals surface area contributed by atoms with Crippen molar-refractivity contribution in [3.05, 3.63) is 0 Å². The molecule has 4 rings (SSSR count). The quantitative estimate of drug-likeness (QED) is 0.861. The van der Waals surface area contributed by atoms with Crippen LogP contribution >= 0.6 is 0 Å². The number of hydrogen-bond acceptors (Lipinski definition) is 2. The highest BCUT2D eigenvalue weighted by atomic mass is 16.2.